The molecule has 0 saturated carbocycles. The molecule has 5 unspecified atom stereocenters. The highest BCUT2D eigenvalue weighted by Gasteiger charge is 2.36. The van der Waals surface area contributed by atoms with E-state index in [-0.39, 0.29) is 0 Å². The van der Waals surface area contributed by atoms with E-state index >= 15 is 0 Å². The summed E-state index contributed by atoms with van der Waals surface area (Å²) in [5.41, 5.74) is 0. The zero-order valence-electron chi connectivity index (χ0n) is 25.6. The van der Waals surface area contributed by atoms with Crippen molar-refractivity contribution in [2.24, 2.45) is 53.3 Å². The van der Waals surface area contributed by atoms with Crippen LogP contribution in [0.4, 0.5) is 0 Å². The van der Waals surface area contributed by atoms with Crippen molar-refractivity contribution in [2.75, 3.05) is 0 Å². The highest BCUT2D eigenvalue weighted by Crippen LogP contribution is 2.36. The quantitative estimate of drug-likeness (QED) is 0.375. The van der Waals surface area contributed by atoms with Crippen molar-refractivity contribution in [3.05, 3.63) is 0 Å². The lowest BCUT2D eigenvalue weighted by atomic mass is 9.76. The molecule has 3 heterocycles. The van der Waals surface area contributed by atoms with Gasteiger partial charge >= 0.3 is 0 Å². The Bertz CT molecular complexity index is 500. The fourth-order valence-electron chi connectivity index (χ4n) is 6.08. The average Bonchev–Trinajstić information content (AvgIpc) is 2.80. The van der Waals surface area contributed by atoms with Crippen molar-refractivity contribution in [3.63, 3.8) is 0 Å². The van der Waals surface area contributed by atoms with Crippen LogP contribution in [0.5, 0.6) is 0 Å². The Hall–Kier alpha value is -0.120. The molecular weight excluding hydrogens is 420 g/mol. The van der Waals surface area contributed by atoms with Crippen LogP contribution in [0.25, 0.3) is 0 Å². The normalized spacial score (nSPS) is 51.4. The summed E-state index contributed by atoms with van der Waals surface area (Å²) in [6.45, 7) is 34.0. The molecule has 0 bridgehead atoms. The van der Waals surface area contributed by atoms with Crippen LogP contribution < -0.4 is 0 Å². The van der Waals surface area contributed by atoms with Crippen molar-refractivity contribution in [2.45, 2.75) is 147 Å². The van der Waals surface area contributed by atoms with Crippen LogP contribution >= 0.6 is 0 Å². The van der Waals surface area contributed by atoms with Crippen molar-refractivity contribution in [1.82, 2.24) is 0 Å². The molecule has 0 N–H and O–H groups in total. The third-order valence-corrected chi connectivity index (χ3v) is 10.9. The number of hydrogen-bond donors (Lipinski definition) is 0. The van der Waals surface area contributed by atoms with E-state index in [1.807, 2.05) is 0 Å². The molecule has 204 valence electrons. The number of hydrogen-bond acceptors (Lipinski definition) is 3. The van der Waals surface area contributed by atoms with E-state index in [2.05, 4.69) is 104 Å². The first-order valence-corrected chi connectivity index (χ1v) is 14.6. The van der Waals surface area contributed by atoms with Crippen LogP contribution in [0.1, 0.15) is 110 Å². The maximum absolute atomic E-state index is 5.93. The predicted molar refractivity (Wildman–Crippen MR) is 147 cm³/mol. The molecule has 0 aromatic rings. The van der Waals surface area contributed by atoms with Gasteiger partial charge in [-0.05, 0) is 94.3 Å². The van der Waals surface area contributed by atoms with Crippen molar-refractivity contribution < 1.29 is 14.2 Å². The third kappa shape index (κ3) is 7.94. The largest absolute Gasteiger partial charge is 0.375 e. The summed E-state index contributed by atoms with van der Waals surface area (Å²) < 4.78 is 17.5. The summed E-state index contributed by atoms with van der Waals surface area (Å²) in [5.74, 6) is 6.68. The summed E-state index contributed by atoms with van der Waals surface area (Å²) in [4.78, 5) is 0. The van der Waals surface area contributed by atoms with Gasteiger partial charge < -0.3 is 14.2 Å². The van der Waals surface area contributed by atoms with Crippen LogP contribution in [0, 0.1) is 53.3 Å². The second kappa shape index (κ2) is 14.0. The molecule has 0 aromatic carbocycles. The van der Waals surface area contributed by atoms with E-state index < -0.39 is 0 Å². The molecule has 3 rings (SSSR count). The summed E-state index contributed by atoms with van der Waals surface area (Å²) in [6, 6.07) is 0. The zero-order chi connectivity index (χ0) is 26.5. The van der Waals surface area contributed by atoms with E-state index in [4.69, 9.17) is 14.2 Å². The Balaban J connectivity index is 0.000000255. The third-order valence-electron chi connectivity index (χ3n) is 10.9. The molecule has 3 fully saturated rings. The maximum atomic E-state index is 5.93. The van der Waals surface area contributed by atoms with E-state index in [0.29, 0.717) is 66.2 Å². The summed E-state index contributed by atoms with van der Waals surface area (Å²) in [6.07, 6.45) is 3.86. The second-order valence-corrected chi connectivity index (χ2v) is 12.6. The SMILES string of the molecule is CC1O[C@H](C)[C@@H](C)C(C)[C@H]1C.CC1O[C@H](C)[C@@H](C)C(C)[C@H]1C.CCC1O[C@@H](C)[C@H](C)[C@@H](C)[C@@H]1C. The van der Waals surface area contributed by atoms with E-state index in [1.165, 1.54) is 0 Å². The van der Waals surface area contributed by atoms with Gasteiger partial charge in [-0.3, -0.25) is 0 Å². The number of rotatable bonds is 1. The van der Waals surface area contributed by atoms with Gasteiger partial charge in [0, 0.05) is 0 Å². The van der Waals surface area contributed by atoms with Crippen LogP contribution in [0.15, 0.2) is 0 Å². The monoisotopic (exact) mass is 482 g/mol. The van der Waals surface area contributed by atoms with Crippen LogP contribution in [-0.4, -0.2) is 36.6 Å². The number of ether oxygens (including phenoxy) is 3. The predicted octanol–water partition coefficient (Wildman–Crippen LogP) is 8.50. The highest BCUT2D eigenvalue weighted by atomic mass is 16.5. The average molecular weight is 483 g/mol. The fourth-order valence-corrected chi connectivity index (χ4v) is 6.08. The van der Waals surface area contributed by atoms with E-state index in [1.54, 1.807) is 0 Å². The van der Waals surface area contributed by atoms with Crippen LogP contribution in [0.3, 0.4) is 0 Å². The molecular formula is C31H62O3. The Labute approximate surface area is 214 Å². The molecule has 0 amide bonds. The minimum absolute atomic E-state index is 0.441. The summed E-state index contributed by atoms with van der Waals surface area (Å²) in [5, 5.41) is 0. The molecule has 0 spiro atoms. The van der Waals surface area contributed by atoms with Gasteiger partial charge in [0.1, 0.15) is 0 Å². The minimum Gasteiger partial charge on any atom is -0.375 e. The minimum atomic E-state index is 0.441. The Morgan fingerprint density at radius 1 is 0.324 bits per heavy atom. The molecule has 3 heteroatoms. The fraction of sp³-hybridized carbons (Fsp3) is 1.00. The van der Waals surface area contributed by atoms with Gasteiger partial charge in [0.15, 0.2) is 0 Å². The molecule has 0 aliphatic carbocycles. The van der Waals surface area contributed by atoms with Gasteiger partial charge in [0.25, 0.3) is 0 Å². The first kappa shape index (κ1) is 31.9. The first-order chi connectivity index (χ1) is 15.6. The van der Waals surface area contributed by atoms with Crippen LogP contribution in [-0.2, 0) is 14.2 Å². The molecule has 3 aliphatic rings. The molecule has 15 atom stereocenters. The summed E-state index contributed by atoms with van der Waals surface area (Å²) >= 11 is 0. The van der Waals surface area contributed by atoms with Gasteiger partial charge in [-0.1, -0.05) is 69.2 Å². The second-order valence-electron chi connectivity index (χ2n) is 12.6. The van der Waals surface area contributed by atoms with Gasteiger partial charge in [-0.2, -0.15) is 0 Å². The maximum Gasteiger partial charge on any atom is 0.0604 e. The van der Waals surface area contributed by atoms with Gasteiger partial charge in [0.05, 0.1) is 36.6 Å². The van der Waals surface area contributed by atoms with Gasteiger partial charge in [-0.15, -0.1) is 0 Å². The zero-order valence-corrected chi connectivity index (χ0v) is 25.6. The lowest BCUT2D eigenvalue weighted by molar-refractivity contribution is -0.125. The van der Waals surface area contributed by atoms with Crippen molar-refractivity contribution in [1.29, 1.82) is 0 Å². The molecule has 34 heavy (non-hydrogen) atoms. The standard InChI is InChI=1S/C11H22O.2C10H20O/c1-6-11-9(4)7(2)8(3)10(5)12-11;2*1-6-7(2)9(4)11-10(5)8(6)3/h7-11H,6H2,1-5H3;2*6-10H,1-5H3/t7-,8-,9+,10+,11?;2*6?,7-,8+,9+,10?/m100/s1. The van der Waals surface area contributed by atoms with E-state index in [0.717, 1.165) is 30.1 Å². The Kier molecular flexibility index (Phi) is 13.1. The molecule has 3 nitrogen and oxygen atoms in total. The van der Waals surface area contributed by atoms with Crippen molar-refractivity contribution in [3.8, 4) is 0 Å². The van der Waals surface area contributed by atoms with E-state index in [9.17, 15) is 0 Å². The van der Waals surface area contributed by atoms with Crippen molar-refractivity contribution >= 4 is 0 Å². The lowest BCUT2D eigenvalue weighted by Gasteiger charge is -2.42. The summed E-state index contributed by atoms with van der Waals surface area (Å²) in [7, 11) is 0. The van der Waals surface area contributed by atoms with Crippen LogP contribution in [0.2, 0.25) is 0 Å². The smallest absolute Gasteiger partial charge is 0.0604 e. The van der Waals surface area contributed by atoms with Gasteiger partial charge in [-0.25, -0.2) is 0 Å². The Morgan fingerprint density at radius 2 is 0.559 bits per heavy atom. The molecule has 3 saturated heterocycles. The first-order valence-electron chi connectivity index (χ1n) is 14.6. The molecule has 0 radical (unpaired) electrons. The van der Waals surface area contributed by atoms with Gasteiger partial charge in [0.2, 0.25) is 0 Å². The molecule has 0 aromatic heterocycles. The Morgan fingerprint density at radius 3 is 0.824 bits per heavy atom. The molecule has 3 aliphatic heterocycles. The highest BCUT2D eigenvalue weighted by molar-refractivity contribution is 4.84. The lowest BCUT2D eigenvalue weighted by Crippen LogP contribution is -2.42. The topological polar surface area (TPSA) is 27.7 Å².